The van der Waals surface area contributed by atoms with E-state index < -0.39 is 11.2 Å². The van der Waals surface area contributed by atoms with Gasteiger partial charge in [0.25, 0.3) is 5.56 Å². The highest BCUT2D eigenvalue weighted by Crippen LogP contribution is 2.11. The first-order valence-electron chi connectivity index (χ1n) is 11.1. The van der Waals surface area contributed by atoms with Gasteiger partial charge >= 0.3 is 5.69 Å². The van der Waals surface area contributed by atoms with Crippen molar-refractivity contribution in [3.05, 3.63) is 61.5 Å². The lowest BCUT2D eigenvalue weighted by molar-refractivity contribution is -0.121. The zero-order valence-electron chi connectivity index (χ0n) is 18.6. The summed E-state index contributed by atoms with van der Waals surface area (Å²) in [5, 5.41) is 2.95. The number of hydrogen-bond donors (Lipinski definition) is 2. The van der Waals surface area contributed by atoms with Gasteiger partial charge in [0, 0.05) is 26.1 Å². The molecule has 3 rings (SSSR count). The topological polar surface area (TPSA) is 102 Å². The van der Waals surface area contributed by atoms with Gasteiger partial charge in [-0.05, 0) is 43.4 Å². The molecule has 32 heavy (non-hydrogen) atoms. The summed E-state index contributed by atoms with van der Waals surface area (Å²) in [6.45, 7) is 5.17. The highest BCUT2D eigenvalue weighted by Gasteiger charge is 2.16. The van der Waals surface area contributed by atoms with Crippen LogP contribution >= 0.6 is 11.6 Å². The van der Waals surface area contributed by atoms with Gasteiger partial charge in [-0.2, -0.15) is 4.98 Å². The maximum absolute atomic E-state index is 13.0. The van der Waals surface area contributed by atoms with Crippen LogP contribution in [0.15, 0.2) is 33.9 Å². The standard InChI is InChI=1S/C23H30ClN5O3/c1-3-4-5-13-28-20-19(26-22(24)27-20)21(31)29(23(28)32)14-7-12-25-18(30)11-10-17-9-6-8-16(2)15-17/h6,8-9,15H,3-5,7,10-14H2,1-2H3,(H,25,30)(H,26,27). The van der Waals surface area contributed by atoms with Crippen LogP contribution in [-0.4, -0.2) is 31.6 Å². The Hall–Kier alpha value is -2.87. The van der Waals surface area contributed by atoms with E-state index in [-0.39, 0.29) is 23.3 Å². The molecular weight excluding hydrogens is 430 g/mol. The van der Waals surface area contributed by atoms with Crippen LogP contribution in [0.25, 0.3) is 11.2 Å². The molecule has 0 aliphatic rings. The van der Waals surface area contributed by atoms with Crippen molar-refractivity contribution >= 4 is 28.7 Å². The second kappa shape index (κ2) is 11.1. The lowest BCUT2D eigenvalue weighted by Gasteiger charge is -2.11. The van der Waals surface area contributed by atoms with Crippen LogP contribution in [0.3, 0.4) is 0 Å². The number of amides is 1. The van der Waals surface area contributed by atoms with Crippen molar-refractivity contribution in [1.82, 2.24) is 24.4 Å². The van der Waals surface area contributed by atoms with Gasteiger partial charge in [0.1, 0.15) is 0 Å². The highest BCUT2D eigenvalue weighted by molar-refractivity contribution is 6.28. The smallest absolute Gasteiger partial charge is 0.332 e. The van der Waals surface area contributed by atoms with E-state index in [9.17, 15) is 14.4 Å². The van der Waals surface area contributed by atoms with Crippen molar-refractivity contribution in [1.29, 1.82) is 0 Å². The number of nitrogens with one attached hydrogen (secondary N) is 2. The van der Waals surface area contributed by atoms with Crippen LogP contribution < -0.4 is 16.6 Å². The molecule has 2 heterocycles. The van der Waals surface area contributed by atoms with Crippen molar-refractivity contribution in [2.75, 3.05) is 6.54 Å². The second-order valence-electron chi connectivity index (χ2n) is 8.02. The van der Waals surface area contributed by atoms with Gasteiger partial charge in [-0.25, -0.2) is 4.79 Å². The fourth-order valence-electron chi connectivity index (χ4n) is 3.74. The Morgan fingerprint density at radius 3 is 2.69 bits per heavy atom. The molecule has 0 radical (unpaired) electrons. The first-order valence-corrected chi connectivity index (χ1v) is 11.5. The Labute approximate surface area is 191 Å². The zero-order chi connectivity index (χ0) is 23.1. The van der Waals surface area contributed by atoms with Crippen molar-refractivity contribution in [3.8, 4) is 0 Å². The van der Waals surface area contributed by atoms with Crippen LogP contribution in [0.4, 0.5) is 0 Å². The third kappa shape index (κ3) is 5.88. The number of fused-ring (bicyclic) bond motifs is 1. The number of H-pyrrole nitrogens is 1. The van der Waals surface area contributed by atoms with E-state index in [1.165, 1.54) is 14.7 Å². The molecule has 0 bridgehead atoms. The number of imidazole rings is 1. The van der Waals surface area contributed by atoms with E-state index in [2.05, 4.69) is 28.3 Å². The number of rotatable bonds is 11. The van der Waals surface area contributed by atoms with Crippen LogP contribution in [0.1, 0.15) is 50.2 Å². The van der Waals surface area contributed by atoms with Gasteiger partial charge in [-0.15, -0.1) is 0 Å². The zero-order valence-corrected chi connectivity index (χ0v) is 19.4. The summed E-state index contributed by atoms with van der Waals surface area (Å²) in [6, 6.07) is 8.09. The molecule has 0 unspecified atom stereocenters. The number of nitrogens with zero attached hydrogens (tertiary/aromatic N) is 3. The Kier molecular flexibility index (Phi) is 8.27. The average Bonchev–Trinajstić information content (AvgIpc) is 3.16. The average molecular weight is 460 g/mol. The number of aromatic nitrogens is 4. The van der Waals surface area contributed by atoms with Gasteiger partial charge in [0.05, 0.1) is 0 Å². The fourth-order valence-corrected chi connectivity index (χ4v) is 3.91. The molecule has 0 atom stereocenters. The summed E-state index contributed by atoms with van der Waals surface area (Å²) in [6.07, 6.45) is 4.33. The van der Waals surface area contributed by atoms with Crippen LogP contribution in [0.2, 0.25) is 5.28 Å². The van der Waals surface area contributed by atoms with Crippen LogP contribution in [0, 0.1) is 6.92 Å². The molecular formula is C23H30ClN5O3. The molecule has 9 heteroatoms. The van der Waals surface area contributed by atoms with E-state index in [0.717, 1.165) is 24.8 Å². The molecule has 1 amide bonds. The summed E-state index contributed by atoms with van der Waals surface area (Å²) in [4.78, 5) is 44.8. The number of unbranched alkanes of at least 4 members (excludes halogenated alkanes) is 2. The van der Waals surface area contributed by atoms with E-state index in [4.69, 9.17) is 11.6 Å². The molecule has 0 aliphatic carbocycles. The highest BCUT2D eigenvalue weighted by atomic mass is 35.5. The van der Waals surface area contributed by atoms with Crippen molar-refractivity contribution < 1.29 is 4.79 Å². The lowest BCUT2D eigenvalue weighted by atomic mass is 10.1. The minimum Gasteiger partial charge on any atom is -0.356 e. The van der Waals surface area contributed by atoms with Gasteiger partial charge < -0.3 is 10.3 Å². The summed E-state index contributed by atoms with van der Waals surface area (Å²) in [7, 11) is 0. The Bertz CT molecular complexity index is 1190. The minimum atomic E-state index is -0.443. The SMILES string of the molecule is CCCCCn1c(=O)n(CCCNC(=O)CCc2cccc(C)c2)c(=O)c2[nH]c(Cl)nc21. The van der Waals surface area contributed by atoms with Gasteiger partial charge in [0.15, 0.2) is 11.2 Å². The molecule has 2 aromatic heterocycles. The number of carbonyl (C=O) groups is 1. The predicted octanol–water partition coefficient (Wildman–Crippen LogP) is 3.18. The van der Waals surface area contributed by atoms with E-state index in [1.807, 2.05) is 25.1 Å². The molecule has 8 nitrogen and oxygen atoms in total. The first kappa shape index (κ1) is 23.8. The summed E-state index contributed by atoms with van der Waals surface area (Å²) < 4.78 is 2.71. The van der Waals surface area contributed by atoms with E-state index in [0.29, 0.717) is 38.0 Å². The van der Waals surface area contributed by atoms with Crippen LogP contribution in [0.5, 0.6) is 0 Å². The maximum atomic E-state index is 13.0. The Balaban J connectivity index is 1.61. The van der Waals surface area contributed by atoms with E-state index >= 15 is 0 Å². The first-order chi connectivity index (χ1) is 15.4. The third-order valence-corrected chi connectivity index (χ3v) is 5.60. The van der Waals surface area contributed by atoms with Crippen molar-refractivity contribution in [3.63, 3.8) is 0 Å². The summed E-state index contributed by atoms with van der Waals surface area (Å²) in [5.41, 5.74) is 1.98. The molecule has 0 fully saturated rings. The number of hydrogen-bond acceptors (Lipinski definition) is 4. The third-order valence-electron chi connectivity index (χ3n) is 5.42. The number of halogens is 1. The molecule has 0 aliphatic heterocycles. The van der Waals surface area contributed by atoms with E-state index in [1.54, 1.807) is 0 Å². The van der Waals surface area contributed by atoms with Crippen molar-refractivity contribution in [2.45, 2.75) is 65.5 Å². The molecule has 172 valence electrons. The summed E-state index contributed by atoms with van der Waals surface area (Å²) >= 11 is 5.96. The Morgan fingerprint density at radius 1 is 1.16 bits per heavy atom. The number of aryl methyl sites for hydroxylation is 3. The number of benzene rings is 1. The molecule has 2 N–H and O–H groups in total. The quantitative estimate of drug-likeness (QED) is 0.339. The normalized spacial score (nSPS) is 11.2. The molecule has 0 spiro atoms. The second-order valence-corrected chi connectivity index (χ2v) is 8.37. The van der Waals surface area contributed by atoms with Gasteiger partial charge in [0.2, 0.25) is 11.2 Å². The summed E-state index contributed by atoms with van der Waals surface area (Å²) in [5.74, 6) is -0.0494. The van der Waals surface area contributed by atoms with Crippen molar-refractivity contribution in [2.24, 2.45) is 0 Å². The fraction of sp³-hybridized carbons (Fsp3) is 0.478. The predicted molar refractivity (Wildman–Crippen MR) is 126 cm³/mol. The van der Waals surface area contributed by atoms with Crippen LogP contribution in [-0.2, 0) is 24.3 Å². The lowest BCUT2D eigenvalue weighted by Crippen LogP contribution is -2.41. The molecule has 0 saturated heterocycles. The largest absolute Gasteiger partial charge is 0.356 e. The van der Waals surface area contributed by atoms with Gasteiger partial charge in [-0.3, -0.25) is 18.7 Å². The minimum absolute atomic E-state index is 0.0494. The molecule has 3 aromatic rings. The number of carbonyl (C=O) groups excluding carboxylic acids is 1. The molecule has 0 saturated carbocycles. The Morgan fingerprint density at radius 2 is 1.94 bits per heavy atom. The molecule has 1 aromatic carbocycles. The van der Waals surface area contributed by atoms with Gasteiger partial charge in [-0.1, -0.05) is 49.6 Å². The monoisotopic (exact) mass is 459 g/mol. The maximum Gasteiger partial charge on any atom is 0.332 e. The number of aromatic amines is 1.